The van der Waals surface area contributed by atoms with Gasteiger partial charge in [-0.15, -0.1) is 0 Å². The molecular formula is C31H30N4O5S. The number of carbonyl (C=O) groups is 1. The van der Waals surface area contributed by atoms with E-state index in [1.165, 1.54) is 12.3 Å². The Morgan fingerprint density at radius 1 is 1.05 bits per heavy atom. The third-order valence-electron chi connectivity index (χ3n) is 6.96. The Bertz CT molecular complexity index is 1860. The van der Waals surface area contributed by atoms with Crippen molar-refractivity contribution in [1.82, 2.24) is 4.98 Å². The number of nitrogens with two attached hydrogens (primary N) is 1. The highest BCUT2D eigenvalue weighted by Crippen LogP contribution is 2.33. The molecule has 0 bridgehead atoms. The summed E-state index contributed by atoms with van der Waals surface area (Å²) in [5.74, 6) is 0.138. The van der Waals surface area contributed by atoms with Crippen LogP contribution in [0.3, 0.4) is 0 Å². The number of para-hydroxylation sites is 1. The Labute approximate surface area is 238 Å². The number of anilines is 1. The maximum Gasteiger partial charge on any atom is 0.326 e. The van der Waals surface area contributed by atoms with Crippen molar-refractivity contribution >= 4 is 49.4 Å². The molecule has 5 aromatic rings. The lowest BCUT2D eigenvalue weighted by Crippen LogP contribution is -2.36. The van der Waals surface area contributed by atoms with Crippen LogP contribution < -0.4 is 10.0 Å². The van der Waals surface area contributed by atoms with Crippen molar-refractivity contribution in [2.45, 2.75) is 31.6 Å². The zero-order chi connectivity index (χ0) is 29.1. The van der Waals surface area contributed by atoms with Gasteiger partial charge in [-0.2, -0.15) is 0 Å². The predicted octanol–water partition coefficient (Wildman–Crippen LogP) is 5.12. The number of carbonyl (C=O) groups excluding carboxylic acids is 1. The molecule has 0 saturated heterocycles. The summed E-state index contributed by atoms with van der Waals surface area (Å²) < 4.78 is 40.5. The van der Waals surface area contributed by atoms with Gasteiger partial charge < -0.3 is 14.9 Å². The quantitative estimate of drug-likeness (QED) is 0.135. The standard InChI is InChI=1S/C31H30N4O5S/c1-3-39-29(36)19-35(41(37,38)28-8-4-6-22-7-5-17-34-30(22)28)24-14-15-25-20(2)26(40-27(25)18-24)16-11-21-9-12-23(13-10-21)31(32)33/h4-10,12-15,17-18H,3,11,16,19H2,1-2H3,(H3,32,33). The van der Waals surface area contributed by atoms with E-state index in [2.05, 4.69) is 4.98 Å². The summed E-state index contributed by atoms with van der Waals surface area (Å²) in [6.07, 6.45) is 2.87. The normalized spacial score (nSPS) is 11.6. The summed E-state index contributed by atoms with van der Waals surface area (Å²) in [4.78, 5) is 16.9. The van der Waals surface area contributed by atoms with Gasteiger partial charge in [0, 0.05) is 35.0 Å². The van der Waals surface area contributed by atoms with Gasteiger partial charge >= 0.3 is 5.97 Å². The SMILES string of the molecule is CCOC(=O)CN(c1ccc2c(C)c(CCc3ccc(C(=N)N)cc3)oc2c1)S(=O)(=O)c1cccc2cccnc12. The van der Waals surface area contributed by atoms with Crippen molar-refractivity contribution in [1.29, 1.82) is 5.41 Å². The van der Waals surface area contributed by atoms with Crippen LogP contribution in [-0.4, -0.2) is 38.4 Å². The van der Waals surface area contributed by atoms with Gasteiger partial charge in [0.2, 0.25) is 0 Å². The van der Waals surface area contributed by atoms with Gasteiger partial charge in [0.15, 0.2) is 0 Å². The van der Waals surface area contributed by atoms with Crippen LogP contribution in [-0.2, 0) is 32.4 Å². The lowest BCUT2D eigenvalue weighted by atomic mass is 10.0. The van der Waals surface area contributed by atoms with E-state index in [-0.39, 0.29) is 23.0 Å². The van der Waals surface area contributed by atoms with Crippen molar-refractivity contribution in [2.24, 2.45) is 5.73 Å². The Balaban J connectivity index is 1.50. The number of aromatic nitrogens is 1. The molecule has 210 valence electrons. The number of sulfonamides is 1. The fourth-order valence-electron chi connectivity index (χ4n) is 4.81. The van der Waals surface area contributed by atoms with Crippen molar-refractivity contribution in [3.05, 3.63) is 101 Å². The van der Waals surface area contributed by atoms with Crippen LogP contribution in [0.5, 0.6) is 0 Å². The molecule has 0 radical (unpaired) electrons. The number of nitrogens with zero attached hydrogens (tertiary/aromatic N) is 2. The number of benzene rings is 3. The Morgan fingerprint density at radius 3 is 2.54 bits per heavy atom. The highest BCUT2D eigenvalue weighted by atomic mass is 32.2. The van der Waals surface area contributed by atoms with Gasteiger partial charge in [-0.05, 0) is 55.7 Å². The summed E-state index contributed by atoms with van der Waals surface area (Å²) in [5, 5.41) is 9.08. The summed E-state index contributed by atoms with van der Waals surface area (Å²) in [5.41, 5.74) is 9.37. The van der Waals surface area contributed by atoms with Gasteiger partial charge in [-0.3, -0.25) is 19.5 Å². The average molecular weight is 571 g/mol. The van der Waals surface area contributed by atoms with E-state index in [1.54, 1.807) is 43.3 Å². The number of furan rings is 1. The van der Waals surface area contributed by atoms with E-state index in [0.717, 1.165) is 26.6 Å². The third-order valence-corrected chi connectivity index (χ3v) is 8.76. The van der Waals surface area contributed by atoms with Crippen molar-refractivity contribution < 1.29 is 22.4 Å². The number of nitrogen functional groups attached to an aromatic ring is 1. The molecular weight excluding hydrogens is 540 g/mol. The van der Waals surface area contributed by atoms with E-state index in [0.29, 0.717) is 34.9 Å². The monoisotopic (exact) mass is 570 g/mol. The van der Waals surface area contributed by atoms with Gasteiger partial charge in [0.1, 0.15) is 28.6 Å². The minimum absolute atomic E-state index is 0.00731. The molecule has 2 heterocycles. The minimum Gasteiger partial charge on any atom is -0.465 e. The number of nitrogens with one attached hydrogen (secondary N) is 1. The second-order valence-electron chi connectivity index (χ2n) is 9.59. The molecule has 10 heteroatoms. The third kappa shape index (κ3) is 5.64. The van der Waals surface area contributed by atoms with Crippen molar-refractivity contribution in [2.75, 3.05) is 17.5 Å². The van der Waals surface area contributed by atoms with E-state index in [4.69, 9.17) is 20.3 Å². The summed E-state index contributed by atoms with van der Waals surface area (Å²) in [7, 11) is -4.22. The van der Waals surface area contributed by atoms with E-state index in [1.807, 2.05) is 37.3 Å². The molecule has 3 aromatic carbocycles. The van der Waals surface area contributed by atoms with Crippen LogP contribution >= 0.6 is 0 Å². The maximum absolute atomic E-state index is 14.0. The molecule has 0 unspecified atom stereocenters. The number of pyridine rings is 1. The van der Waals surface area contributed by atoms with Gasteiger partial charge in [0.25, 0.3) is 10.0 Å². The molecule has 0 saturated carbocycles. The molecule has 0 atom stereocenters. The smallest absolute Gasteiger partial charge is 0.326 e. The Morgan fingerprint density at radius 2 is 1.80 bits per heavy atom. The number of aryl methyl sites for hydroxylation is 3. The molecule has 2 aromatic heterocycles. The second-order valence-corrected chi connectivity index (χ2v) is 11.4. The average Bonchev–Trinajstić information content (AvgIpc) is 3.29. The highest BCUT2D eigenvalue weighted by Gasteiger charge is 2.30. The Hall–Kier alpha value is -4.70. The molecule has 9 nitrogen and oxygen atoms in total. The second kappa shape index (κ2) is 11.4. The number of rotatable bonds is 10. The lowest BCUT2D eigenvalue weighted by molar-refractivity contribution is -0.141. The van der Waals surface area contributed by atoms with E-state index < -0.39 is 22.5 Å². The van der Waals surface area contributed by atoms with E-state index >= 15 is 0 Å². The zero-order valence-electron chi connectivity index (χ0n) is 22.8. The molecule has 0 fully saturated rings. The molecule has 0 aliphatic carbocycles. The first-order valence-corrected chi connectivity index (χ1v) is 14.6. The molecule has 5 rings (SSSR count). The lowest BCUT2D eigenvalue weighted by Gasteiger charge is -2.24. The molecule has 0 aliphatic heterocycles. The molecule has 0 aliphatic rings. The summed E-state index contributed by atoms with van der Waals surface area (Å²) in [6, 6.07) is 21.1. The fraction of sp³-hybridized carbons (Fsp3) is 0.194. The van der Waals surface area contributed by atoms with Crippen LogP contribution in [0.4, 0.5) is 5.69 Å². The molecule has 0 spiro atoms. The fourth-order valence-corrected chi connectivity index (χ4v) is 6.38. The topological polar surface area (TPSA) is 140 Å². The van der Waals surface area contributed by atoms with Crippen LogP contribution in [0.25, 0.3) is 21.9 Å². The summed E-state index contributed by atoms with van der Waals surface area (Å²) >= 11 is 0. The Kier molecular flexibility index (Phi) is 7.76. The first-order chi connectivity index (χ1) is 19.7. The zero-order valence-corrected chi connectivity index (χ0v) is 23.6. The number of ether oxygens (including phenoxy) is 1. The van der Waals surface area contributed by atoms with Crippen molar-refractivity contribution in [3.63, 3.8) is 0 Å². The number of hydrogen-bond donors (Lipinski definition) is 2. The van der Waals surface area contributed by atoms with Gasteiger partial charge in [-0.1, -0.05) is 42.5 Å². The number of fused-ring (bicyclic) bond motifs is 2. The van der Waals surface area contributed by atoms with Crippen LogP contribution in [0, 0.1) is 12.3 Å². The first-order valence-electron chi connectivity index (χ1n) is 13.2. The highest BCUT2D eigenvalue weighted by molar-refractivity contribution is 7.93. The first kappa shape index (κ1) is 27.9. The number of amidine groups is 1. The van der Waals surface area contributed by atoms with E-state index in [9.17, 15) is 13.2 Å². The molecule has 0 amide bonds. The summed E-state index contributed by atoms with van der Waals surface area (Å²) in [6.45, 7) is 3.25. The molecule has 41 heavy (non-hydrogen) atoms. The van der Waals surface area contributed by atoms with Crippen molar-refractivity contribution in [3.8, 4) is 0 Å². The van der Waals surface area contributed by atoms with Crippen LogP contribution in [0.2, 0.25) is 0 Å². The van der Waals surface area contributed by atoms with Crippen LogP contribution in [0.15, 0.2) is 88.3 Å². The molecule has 3 N–H and O–H groups in total. The minimum atomic E-state index is -4.22. The number of hydrogen-bond acceptors (Lipinski definition) is 7. The largest absolute Gasteiger partial charge is 0.465 e. The maximum atomic E-state index is 14.0. The predicted molar refractivity (Wildman–Crippen MR) is 159 cm³/mol. The van der Waals surface area contributed by atoms with Gasteiger partial charge in [-0.25, -0.2) is 8.42 Å². The van der Waals surface area contributed by atoms with Crippen LogP contribution in [0.1, 0.15) is 29.4 Å². The number of esters is 1. The van der Waals surface area contributed by atoms with Gasteiger partial charge in [0.05, 0.1) is 17.8 Å².